The molecule has 0 heterocycles. The van der Waals surface area contributed by atoms with Crippen LogP contribution in [0.15, 0.2) is 22.7 Å². The van der Waals surface area contributed by atoms with Gasteiger partial charge in [0.05, 0.1) is 0 Å². The minimum Gasteiger partial charge on any atom is -0.298 e. The molecule has 0 saturated heterocycles. The van der Waals surface area contributed by atoms with Crippen molar-refractivity contribution in [2.24, 2.45) is 0 Å². The Kier molecular flexibility index (Phi) is 4.61. The van der Waals surface area contributed by atoms with Crippen molar-refractivity contribution in [3.63, 3.8) is 0 Å². The molecule has 0 aliphatic rings. The first-order valence-corrected chi connectivity index (χ1v) is 6.40. The van der Waals surface area contributed by atoms with E-state index in [0.717, 1.165) is 15.6 Å². The molecule has 1 unspecified atom stereocenters. The van der Waals surface area contributed by atoms with Crippen molar-refractivity contribution in [2.75, 3.05) is 0 Å². The number of hydrogen-bond donors (Lipinski definition) is 0. The molecule has 14 heavy (non-hydrogen) atoms. The Balaban J connectivity index is 3.23. The number of halogens is 3. The second kappa shape index (κ2) is 5.29. The Morgan fingerprint density at radius 3 is 2.71 bits per heavy atom. The molecule has 1 atom stereocenters. The summed E-state index contributed by atoms with van der Waals surface area (Å²) < 4.78 is 0.879. The minimum absolute atomic E-state index is 0.0410. The van der Waals surface area contributed by atoms with Crippen LogP contribution < -0.4 is 0 Å². The third kappa shape index (κ3) is 2.59. The van der Waals surface area contributed by atoms with Gasteiger partial charge in [0.2, 0.25) is 0 Å². The van der Waals surface area contributed by atoms with E-state index in [1.807, 2.05) is 18.2 Å². The zero-order chi connectivity index (χ0) is 10.7. The summed E-state index contributed by atoms with van der Waals surface area (Å²) in [5, 5.41) is 0.122. The third-order valence-corrected chi connectivity index (χ3v) is 3.72. The van der Waals surface area contributed by atoms with Crippen molar-refractivity contribution < 1.29 is 4.79 Å². The third-order valence-electron chi connectivity index (χ3n) is 1.90. The number of benzene rings is 1. The van der Waals surface area contributed by atoms with Gasteiger partial charge in [-0.1, -0.05) is 44.0 Å². The van der Waals surface area contributed by atoms with Gasteiger partial charge in [-0.15, -0.1) is 11.6 Å². The van der Waals surface area contributed by atoms with E-state index in [4.69, 9.17) is 11.6 Å². The fourth-order valence-electron chi connectivity index (χ4n) is 1.19. The fourth-order valence-corrected chi connectivity index (χ4v) is 2.70. The maximum Gasteiger partial charge on any atom is 0.152 e. The summed E-state index contributed by atoms with van der Waals surface area (Å²) in [6.07, 6.45) is 0. The van der Waals surface area contributed by atoms with E-state index in [2.05, 4.69) is 31.9 Å². The number of alkyl halides is 2. The highest BCUT2D eigenvalue weighted by atomic mass is 79.9. The van der Waals surface area contributed by atoms with Crippen molar-refractivity contribution in [1.82, 2.24) is 0 Å². The van der Waals surface area contributed by atoms with Crippen LogP contribution in [-0.4, -0.2) is 5.78 Å². The van der Waals surface area contributed by atoms with Crippen molar-refractivity contribution in [2.45, 2.75) is 17.6 Å². The SMILES string of the molecule is CC(=O)C(Cl)c1c(Br)cccc1CBr. The van der Waals surface area contributed by atoms with Crippen LogP contribution in [0.2, 0.25) is 0 Å². The Bertz CT molecular complexity index is 352. The molecule has 0 aromatic heterocycles. The van der Waals surface area contributed by atoms with Crippen LogP contribution in [0, 0.1) is 0 Å². The average Bonchev–Trinajstić information content (AvgIpc) is 2.16. The molecular formula is C10H9Br2ClO. The summed E-state index contributed by atoms with van der Waals surface area (Å²) in [7, 11) is 0. The van der Waals surface area contributed by atoms with Crippen LogP contribution in [0.1, 0.15) is 23.4 Å². The van der Waals surface area contributed by atoms with E-state index in [1.54, 1.807) is 0 Å². The van der Waals surface area contributed by atoms with Crippen LogP contribution in [0.4, 0.5) is 0 Å². The lowest BCUT2D eigenvalue weighted by Crippen LogP contribution is -2.05. The molecule has 0 spiro atoms. The predicted octanol–water partition coefficient (Wildman–Crippen LogP) is 4.21. The van der Waals surface area contributed by atoms with Gasteiger partial charge in [-0.05, 0) is 24.1 Å². The van der Waals surface area contributed by atoms with E-state index in [-0.39, 0.29) is 5.78 Å². The average molecular weight is 340 g/mol. The summed E-state index contributed by atoms with van der Waals surface area (Å²) in [4.78, 5) is 11.2. The molecule has 0 aliphatic heterocycles. The molecule has 0 radical (unpaired) electrons. The Labute approximate surface area is 105 Å². The smallest absolute Gasteiger partial charge is 0.152 e. The summed E-state index contributed by atoms with van der Waals surface area (Å²) >= 11 is 12.8. The van der Waals surface area contributed by atoms with Gasteiger partial charge < -0.3 is 0 Å². The fraction of sp³-hybridized carbons (Fsp3) is 0.300. The first-order chi connectivity index (χ1) is 6.57. The number of carbonyl (C=O) groups is 1. The van der Waals surface area contributed by atoms with E-state index >= 15 is 0 Å². The molecule has 1 aromatic rings. The quantitative estimate of drug-likeness (QED) is 0.753. The van der Waals surface area contributed by atoms with Gasteiger partial charge in [0.25, 0.3) is 0 Å². The highest BCUT2D eigenvalue weighted by Crippen LogP contribution is 2.32. The van der Waals surface area contributed by atoms with Crippen molar-refractivity contribution >= 4 is 49.2 Å². The van der Waals surface area contributed by atoms with Gasteiger partial charge in [0.1, 0.15) is 5.38 Å². The number of Topliss-reactive ketones (excluding diaryl/α,β-unsaturated/α-hetero) is 1. The predicted molar refractivity (Wildman–Crippen MR) is 66.0 cm³/mol. The van der Waals surface area contributed by atoms with Gasteiger partial charge in [-0.3, -0.25) is 4.79 Å². The van der Waals surface area contributed by atoms with E-state index in [1.165, 1.54) is 6.92 Å². The highest BCUT2D eigenvalue weighted by molar-refractivity contribution is 9.10. The Morgan fingerprint density at radius 1 is 1.57 bits per heavy atom. The summed E-state index contributed by atoms with van der Waals surface area (Å²) in [6.45, 7) is 1.50. The van der Waals surface area contributed by atoms with Gasteiger partial charge in [0.15, 0.2) is 5.78 Å². The number of carbonyl (C=O) groups excluding carboxylic acids is 1. The van der Waals surface area contributed by atoms with Crippen LogP contribution in [0.5, 0.6) is 0 Å². The standard InChI is InChI=1S/C10H9Br2ClO/c1-6(14)10(13)9-7(5-11)3-2-4-8(9)12/h2-4,10H,5H2,1H3. The maximum atomic E-state index is 11.2. The molecule has 0 bridgehead atoms. The van der Waals surface area contributed by atoms with Crippen molar-refractivity contribution in [3.05, 3.63) is 33.8 Å². The van der Waals surface area contributed by atoms with Gasteiger partial charge in [-0.2, -0.15) is 0 Å². The zero-order valence-electron chi connectivity index (χ0n) is 7.56. The topological polar surface area (TPSA) is 17.1 Å². The van der Waals surface area contributed by atoms with E-state index in [9.17, 15) is 4.79 Å². The molecule has 4 heteroatoms. The first kappa shape index (κ1) is 12.2. The molecule has 0 aliphatic carbocycles. The van der Waals surface area contributed by atoms with Gasteiger partial charge >= 0.3 is 0 Å². The van der Waals surface area contributed by atoms with E-state index < -0.39 is 5.38 Å². The molecule has 1 aromatic carbocycles. The number of hydrogen-bond acceptors (Lipinski definition) is 1. The molecule has 0 saturated carbocycles. The molecular weight excluding hydrogens is 331 g/mol. The maximum absolute atomic E-state index is 11.2. The minimum atomic E-state index is -0.571. The second-order valence-corrected chi connectivity index (χ2v) is 4.77. The van der Waals surface area contributed by atoms with E-state index in [0.29, 0.717) is 5.33 Å². The number of rotatable bonds is 3. The van der Waals surface area contributed by atoms with Crippen molar-refractivity contribution in [1.29, 1.82) is 0 Å². The summed E-state index contributed by atoms with van der Waals surface area (Å²) in [5.41, 5.74) is 1.90. The Morgan fingerprint density at radius 2 is 2.21 bits per heavy atom. The lowest BCUT2D eigenvalue weighted by Gasteiger charge is -2.12. The molecule has 0 fully saturated rings. The lowest BCUT2D eigenvalue weighted by atomic mass is 10.0. The van der Waals surface area contributed by atoms with Crippen LogP contribution in [-0.2, 0) is 10.1 Å². The van der Waals surface area contributed by atoms with Crippen LogP contribution in [0.25, 0.3) is 0 Å². The zero-order valence-corrected chi connectivity index (χ0v) is 11.5. The normalized spacial score (nSPS) is 12.6. The largest absolute Gasteiger partial charge is 0.298 e. The van der Waals surface area contributed by atoms with Crippen LogP contribution >= 0.6 is 43.5 Å². The lowest BCUT2D eigenvalue weighted by molar-refractivity contribution is -0.116. The monoisotopic (exact) mass is 338 g/mol. The number of ketones is 1. The molecule has 1 nitrogen and oxygen atoms in total. The highest BCUT2D eigenvalue weighted by Gasteiger charge is 2.19. The first-order valence-electron chi connectivity index (χ1n) is 4.05. The van der Waals surface area contributed by atoms with Crippen molar-refractivity contribution in [3.8, 4) is 0 Å². The molecule has 0 N–H and O–H groups in total. The van der Waals surface area contributed by atoms with Gasteiger partial charge in [0, 0.05) is 9.80 Å². The Hall–Kier alpha value is 0.140. The van der Waals surface area contributed by atoms with Crippen LogP contribution in [0.3, 0.4) is 0 Å². The molecule has 76 valence electrons. The summed E-state index contributed by atoms with van der Waals surface area (Å²) in [5.74, 6) is -0.0410. The second-order valence-electron chi connectivity index (χ2n) is 2.92. The van der Waals surface area contributed by atoms with Gasteiger partial charge in [-0.25, -0.2) is 0 Å². The molecule has 0 amide bonds. The summed E-state index contributed by atoms with van der Waals surface area (Å²) in [6, 6.07) is 5.76. The molecule has 1 rings (SSSR count).